The molecule has 2 heterocycles. The predicted molar refractivity (Wildman–Crippen MR) is 141 cm³/mol. The lowest BCUT2D eigenvalue weighted by Gasteiger charge is -2.42. The number of benzene rings is 1. The van der Waals surface area contributed by atoms with Crippen molar-refractivity contribution >= 4 is 23.6 Å². The second-order valence-corrected chi connectivity index (χ2v) is 10.5. The van der Waals surface area contributed by atoms with E-state index in [1.54, 1.807) is 12.3 Å². The molecule has 3 aromatic rings. The van der Waals surface area contributed by atoms with E-state index in [0.717, 1.165) is 17.0 Å². The number of halogens is 3. The number of ketones is 1. The number of carbonyl (C=O) groups is 3. The van der Waals surface area contributed by atoms with Crippen molar-refractivity contribution in [3.05, 3.63) is 54.4 Å². The van der Waals surface area contributed by atoms with Crippen LogP contribution < -0.4 is 5.32 Å². The van der Waals surface area contributed by atoms with Gasteiger partial charge in [-0.1, -0.05) is 52.7 Å². The van der Waals surface area contributed by atoms with Gasteiger partial charge in [0.05, 0.1) is 23.8 Å². The molecule has 0 radical (unpaired) electrons. The van der Waals surface area contributed by atoms with Crippen LogP contribution in [0.1, 0.15) is 52.5 Å². The third-order valence-corrected chi connectivity index (χ3v) is 6.50. The topological polar surface area (TPSA) is 133 Å². The Labute approximate surface area is 229 Å². The number of aromatic nitrogens is 4. The molecule has 1 aromatic carbocycles. The lowest BCUT2D eigenvalue weighted by molar-refractivity contribution is -0.139. The molecule has 2 amide bonds. The maximum Gasteiger partial charge on any atom is 0.416 e. The monoisotopic (exact) mass is 562 g/mol. The van der Waals surface area contributed by atoms with Gasteiger partial charge < -0.3 is 10.4 Å². The summed E-state index contributed by atoms with van der Waals surface area (Å²) in [5, 5.41) is 23.5. The number of unbranched alkanes of at least 4 members (excludes halogenated alkanes) is 1. The minimum absolute atomic E-state index is 0.0350. The van der Waals surface area contributed by atoms with Gasteiger partial charge in [0.25, 0.3) is 5.91 Å². The summed E-state index contributed by atoms with van der Waals surface area (Å²) in [4.78, 5) is 39.8. The molecule has 0 fully saturated rings. The second kappa shape index (κ2) is 12.3. The summed E-state index contributed by atoms with van der Waals surface area (Å²) >= 11 is 0. The molecule has 3 rings (SSSR count). The van der Waals surface area contributed by atoms with Gasteiger partial charge in [-0.3, -0.25) is 24.3 Å². The first-order valence-corrected chi connectivity index (χ1v) is 12.8. The third-order valence-electron chi connectivity index (χ3n) is 6.50. The van der Waals surface area contributed by atoms with Crippen molar-refractivity contribution in [2.45, 2.75) is 71.8 Å². The quantitative estimate of drug-likeness (QED) is 0.266. The van der Waals surface area contributed by atoms with Gasteiger partial charge in [0.1, 0.15) is 6.04 Å². The predicted octanol–water partition coefficient (Wildman–Crippen LogP) is 5.45. The van der Waals surface area contributed by atoms with E-state index in [1.807, 2.05) is 27.7 Å². The normalized spacial score (nSPS) is 13.5. The zero-order valence-corrected chi connectivity index (χ0v) is 22.7. The Kier molecular flexibility index (Phi) is 9.38. The molecule has 2 aromatic heterocycles. The van der Waals surface area contributed by atoms with Crippen molar-refractivity contribution in [3.63, 3.8) is 0 Å². The highest BCUT2D eigenvalue weighted by molar-refractivity contribution is 6.42. The molecule has 0 saturated carbocycles. The molecule has 0 saturated heterocycles. The van der Waals surface area contributed by atoms with Crippen molar-refractivity contribution in [2.75, 3.05) is 5.32 Å². The molecule has 40 heavy (non-hydrogen) atoms. The van der Waals surface area contributed by atoms with Crippen molar-refractivity contribution < 1.29 is 32.7 Å². The van der Waals surface area contributed by atoms with E-state index in [1.165, 1.54) is 29.1 Å². The summed E-state index contributed by atoms with van der Waals surface area (Å²) in [6, 6.07) is 5.60. The van der Waals surface area contributed by atoms with Crippen LogP contribution in [0.5, 0.6) is 0 Å². The van der Waals surface area contributed by atoms with Gasteiger partial charge in [0.15, 0.2) is 5.82 Å². The number of aromatic amines is 1. The average Bonchev–Trinajstić information content (AvgIpc) is 3.56. The highest BCUT2D eigenvalue weighted by atomic mass is 19.4. The van der Waals surface area contributed by atoms with E-state index < -0.39 is 47.0 Å². The van der Waals surface area contributed by atoms with Crippen LogP contribution in [0.15, 0.2) is 48.8 Å². The summed E-state index contributed by atoms with van der Waals surface area (Å²) in [5.74, 6) is -1.75. The van der Waals surface area contributed by atoms with E-state index in [0.29, 0.717) is 24.1 Å². The smallest absolute Gasteiger partial charge is 0.416 e. The number of nitrogens with zero attached hydrogens (tertiary/aromatic N) is 4. The first-order chi connectivity index (χ1) is 18.7. The Morgan fingerprint density at radius 2 is 1.77 bits per heavy atom. The van der Waals surface area contributed by atoms with Gasteiger partial charge in [-0.05, 0) is 30.0 Å². The van der Waals surface area contributed by atoms with E-state index in [9.17, 15) is 32.7 Å². The Balaban J connectivity index is 1.91. The first kappa shape index (κ1) is 30.4. The lowest BCUT2D eigenvalue weighted by Crippen LogP contribution is -2.57. The van der Waals surface area contributed by atoms with Crippen molar-refractivity contribution in [2.24, 2.45) is 5.41 Å². The fourth-order valence-corrected chi connectivity index (χ4v) is 4.34. The fourth-order valence-electron chi connectivity index (χ4n) is 4.34. The molecule has 0 aliphatic heterocycles. The fraction of sp³-hybridized carbons (Fsp3) is 0.444. The van der Waals surface area contributed by atoms with Gasteiger partial charge in [0, 0.05) is 24.0 Å². The van der Waals surface area contributed by atoms with E-state index >= 15 is 0 Å². The molecule has 0 bridgehead atoms. The average molecular weight is 563 g/mol. The number of anilines is 1. The molecule has 0 spiro atoms. The molecule has 2 atom stereocenters. The second-order valence-electron chi connectivity index (χ2n) is 10.5. The Bertz CT molecular complexity index is 1300. The van der Waals surface area contributed by atoms with Gasteiger partial charge in [-0.25, -0.2) is 4.79 Å². The maximum absolute atomic E-state index is 13.3. The zero-order chi connectivity index (χ0) is 29.7. The molecular formula is C27H33F3N6O4. The summed E-state index contributed by atoms with van der Waals surface area (Å²) in [7, 11) is 0. The van der Waals surface area contributed by atoms with Crippen molar-refractivity contribution in [1.82, 2.24) is 24.9 Å². The zero-order valence-electron chi connectivity index (χ0n) is 22.7. The summed E-state index contributed by atoms with van der Waals surface area (Å²) < 4.78 is 40.3. The van der Waals surface area contributed by atoms with Crippen LogP contribution in [0.4, 0.5) is 23.8 Å². The minimum Gasteiger partial charge on any atom is -0.465 e. The molecule has 1 unspecified atom stereocenters. The maximum atomic E-state index is 13.3. The van der Waals surface area contributed by atoms with Crippen LogP contribution in [0.25, 0.3) is 11.3 Å². The summed E-state index contributed by atoms with van der Waals surface area (Å²) in [6.45, 7) is 7.38. The number of nitrogens with one attached hydrogen (secondary N) is 2. The minimum atomic E-state index is -4.46. The SMILES string of the molecule is CCCC[C@@H](C(=O)C(=O)Nc1cc[nH]n1)N(C(=O)O)C(Cn1ccc(-c2ccc(C(F)(F)F)cc2)n1)C(C)(C)C. The standard InChI is InChI=1S/C27H33F3N6O4/c1-5-6-7-20(23(37)24(38)32-22-12-14-31-33-22)36(25(39)40)21(26(2,3)4)16-35-15-13-19(34-35)17-8-10-18(11-9-17)27(28,29)30/h8-15,20-21H,5-7,16H2,1-4H3,(H,39,40)(H2,31,32,33,38)/t20-,21?/m0/s1. The van der Waals surface area contributed by atoms with Crippen LogP contribution in [-0.4, -0.2) is 59.9 Å². The largest absolute Gasteiger partial charge is 0.465 e. The van der Waals surface area contributed by atoms with Gasteiger partial charge >= 0.3 is 12.3 Å². The van der Waals surface area contributed by atoms with Crippen molar-refractivity contribution in [3.8, 4) is 11.3 Å². The highest BCUT2D eigenvalue weighted by Gasteiger charge is 2.42. The summed E-state index contributed by atoms with van der Waals surface area (Å²) in [6.07, 6.45) is -1.44. The van der Waals surface area contributed by atoms with Gasteiger partial charge in [-0.15, -0.1) is 0 Å². The molecule has 3 N–H and O–H groups in total. The first-order valence-electron chi connectivity index (χ1n) is 12.8. The number of Topliss-reactive ketones (excluding diaryl/α,β-unsaturated/α-hetero) is 1. The molecular weight excluding hydrogens is 529 g/mol. The van der Waals surface area contributed by atoms with Gasteiger partial charge in [0.2, 0.25) is 5.78 Å². The molecule has 10 nitrogen and oxygen atoms in total. The number of rotatable bonds is 11. The third kappa shape index (κ3) is 7.48. The highest BCUT2D eigenvalue weighted by Crippen LogP contribution is 2.32. The van der Waals surface area contributed by atoms with Crippen molar-refractivity contribution in [1.29, 1.82) is 0 Å². The lowest BCUT2D eigenvalue weighted by atomic mass is 9.84. The number of carbonyl (C=O) groups excluding carboxylic acids is 2. The Morgan fingerprint density at radius 3 is 2.30 bits per heavy atom. The van der Waals surface area contributed by atoms with E-state index in [-0.39, 0.29) is 18.8 Å². The number of H-pyrrole nitrogens is 1. The van der Waals surface area contributed by atoms with E-state index in [2.05, 4.69) is 20.6 Å². The van der Waals surface area contributed by atoms with Crippen LogP contribution in [-0.2, 0) is 22.3 Å². The Morgan fingerprint density at radius 1 is 1.10 bits per heavy atom. The number of carboxylic acid groups (broad SMARTS) is 1. The van der Waals surface area contributed by atoms with E-state index in [4.69, 9.17) is 0 Å². The molecule has 216 valence electrons. The molecule has 0 aliphatic rings. The Hall–Kier alpha value is -4.16. The van der Waals surface area contributed by atoms with Crippen LogP contribution in [0, 0.1) is 5.41 Å². The number of hydrogen-bond acceptors (Lipinski definition) is 5. The molecule has 13 heteroatoms. The van der Waals surface area contributed by atoms with Crippen LogP contribution in [0.2, 0.25) is 0 Å². The van der Waals surface area contributed by atoms with Gasteiger partial charge in [-0.2, -0.15) is 23.4 Å². The van der Waals surface area contributed by atoms with Crippen LogP contribution in [0.3, 0.4) is 0 Å². The number of hydrogen-bond donors (Lipinski definition) is 3. The number of alkyl halides is 3. The number of amides is 2. The summed E-state index contributed by atoms with van der Waals surface area (Å²) in [5.41, 5.74) is -0.609. The molecule has 0 aliphatic carbocycles. The van der Waals surface area contributed by atoms with Crippen LogP contribution >= 0.6 is 0 Å².